The first-order valence-corrected chi connectivity index (χ1v) is 16.0. The summed E-state index contributed by atoms with van der Waals surface area (Å²) in [7, 11) is 0. The Labute approximate surface area is 273 Å². The van der Waals surface area contributed by atoms with Gasteiger partial charge in [-0.25, -0.2) is 4.79 Å². The lowest BCUT2D eigenvalue weighted by atomic mass is 10.0. The predicted molar refractivity (Wildman–Crippen MR) is 175 cm³/mol. The van der Waals surface area contributed by atoms with Crippen LogP contribution in [0.4, 0.5) is 0 Å². The van der Waals surface area contributed by atoms with E-state index in [1.807, 2.05) is 63.2 Å². The van der Waals surface area contributed by atoms with Crippen molar-refractivity contribution >= 4 is 47.3 Å². The Morgan fingerprint density at radius 3 is 1.93 bits per heavy atom. The molecule has 0 unspecified atom stereocenters. The third-order valence-corrected chi connectivity index (χ3v) is 8.25. The van der Waals surface area contributed by atoms with E-state index in [9.17, 15) is 33.9 Å². The molecule has 250 valence electrons. The summed E-state index contributed by atoms with van der Waals surface area (Å²) in [4.78, 5) is 74.6. The van der Waals surface area contributed by atoms with Gasteiger partial charge in [0, 0.05) is 24.5 Å². The quantitative estimate of drug-likeness (QED) is 0.113. The van der Waals surface area contributed by atoms with Crippen LogP contribution in [0, 0.1) is 20.8 Å². The van der Waals surface area contributed by atoms with Crippen molar-refractivity contribution in [3.05, 3.63) is 70.3 Å². The van der Waals surface area contributed by atoms with E-state index in [4.69, 9.17) is 11.5 Å². The maximum Gasteiger partial charge on any atom is 0.327 e. The fourth-order valence-electron chi connectivity index (χ4n) is 4.66. The number of carboxylic acid groups (broad SMARTS) is 1. The van der Waals surface area contributed by atoms with Crippen LogP contribution in [0.2, 0.25) is 0 Å². The third kappa shape index (κ3) is 12.9. The lowest BCUT2D eigenvalue weighted by Crippen LogP contribution is -2.58. The first-order valence-electron chi connectivity index (χ1n) is 14.8. The van der Waals surface area contributed by atoms with Gasteiger partial charge in [-0.1, -0.05) is 48.0 Å². The number of hydrogen-bond acceptors (Lipinski definition) is 8. The van der Waals surface area contributed by atoms with Crippen LogP contribution in [0.15, 0.2) is 42.5 Å². The molecule has 2 aromatic rings. The summed E-state index contributed by atoms with van der Waals surface area (Å²) in [6.07, 6.45) is -1.07. The molecule has 0 fully saturated rings. The van der Waals surface area contributed by atoms with Crippen LogP contribution in [0.5, 0.6) is 0 Å². The fraction of sp³-hybridized carbons (Fsp3) is 0.438. The maximum absolute atomic E-state index is 13.3. The first-order chi connectivity index (χ1) is 21.7. The van der Waals surface area contributed by atoms with Crippen molar-refractivity contribution in [3.8, 4) is 0 Å². The second-order valence-electron chi connectivity index (χ2n) is 11.2. The molecule has 46 heavy (non-hydrogen) atoms. The van der Waals surface area contributed by atoms with Crippen LogP contribution in [0.3, 0.4) is 0 Å². The Kier molecular flexibility index (Phi) is 15.2. The van der Waals surface area contributed by atoms with Crippen LogP contribution in [0.25, 0.3) is 0 Å². The molecule has 0 aliphatic carbocycles. The number of amides is 5. The Hall–Kier alpha value is -4.43. The number of hydrogen-bond donors (Lipinski definition) is 7. The van der Waals surface area contributed by atoms with Gasteiger partial charge in [-0.15, -0.1) is 0 Å². The lowest BCUT2D eigenvalue weighted by Gasteiger charge is -2.25. The van der Waals surface area contributed by atoms with Gasteiger partial charge in [0.1, 0.15) is 18.1 Å². The zero-order chi connectivity index (χ0) is 34.4. The average Bonchev–Trinajstić information content (AvgIpc) is 2.98. The molecule has 0 saturated carbocycles. The van der Waals surface area contributed by atoms with E-state index < -0.39 is 66.1 Å². The van der Waals surface area contributed by atoms with Crippen molar-refractivity contribution in [2.24, 2.45) is 11.5 Å². The number of primary amides is 2. The third-order valence-electron chi connectivity index (χ3n) is 7.19. The number of nitrogens with one attached hydrogen (secondary N) is 4. The molecular formula is C32H44N6O7S. The Balaban J connectivity index is 2.09. The molecule has 13 nitrogen and oxygen atoms in total. The topological polar surface area (TPSA) is 223 Å². The largest absolute Gasteiger partial charge is 0.480 e. The number of carbonyl (C=O) groups is 6. The van der Waals surface area contributed by atoms with E-state index in [0.717, 1.165) is 27.8 Å². The molecule has 0 saturated heterocycles. The predicted octanol–water partition coefficient (Wildman–Crippen LogP) is 0.703. The molecule has 5 amide bonds. The monoisotopic (exact) mass is 656 g/mol. The van der Waals surface area contributed by atoms with Crippen LogP contribution < -0.4 is 32.7 Å². The van der Waals surface area contributed by atoms with Crippen LogP contribution in [0.1, 0.15) is 54.0 Å². The van der Waals surface area contributed by atoms with Crippen molar-refractivity contribution in [1.29, 1.82) is 0 Å². The molecule has 2 rings (SSSR count). The van der Waals surface area contributed by atoms with Gasteiger partial charge in [-0.3, -0.25) is 24.0 Å². The van der Waals surface area contributed by atoms with Crippen molar-refractivity contribution in [2.75, 3.05) is 5.75 Å². The highest BCUT2D eigenvalue weighted by Crippen LogP contribution is 2.22. The molecule has 2 aromatic carbocycles. The lowest BCUT2D eigenvalue weighted by molar-refractivity contribution is -0.141. The zero-order valence-corrected chi connectivity index (χ0v) is 27.4. The zero-order valence-electron chi connectivity index (χ0n) is 26.6. The normalized spacial score (nSPS) is 13.5. The number of benzene rings is 2. The molecule has 9 N–H and O–H groups in total. The average molecular weight is 657 g/mol. The highest BCUT2D eigenvalue weighted by atomic mass is 32.2. The summed E-state index contributed by atoms with van der Waals surface area (Å²) >= 11 is 1.31. The van der Waals surface area contributed by atoms with Crippen LogP contribution in [-0.2, 0) is 41.1 Å². The van der Waals surface area contributed by atoms with Gasteiger partial charge in [0.05, 0.1) is 12.5 Å². The Morgan fingerprint density at radius 2 is 1.37 bits per heavy atom. The Morgan fingerprint density at radius 1 is 0.804 bits per heavy atom. The number of nitrogens with two attached hydrogens (primary N) is 2. The molecule has 4 atom stereocenters. The summed E-state index contributed by atoms with van der Waals surface area (Å²) in [5.41, 5.74) is 15.9. The minimum atomic E-state index is -1.54. The summed E-state index contributed by atoms with van der Waals surface area (Å²) in [6.45, 7) is 7.92. The summed E-state index contributed by atoms with van der Waals surface area (Å²) < 4.78 is 0. The van der Waals surface area contributed by atoms with Gasteiger partial charge in [0.2, 0.25) is 29.5 Å². The summed E-state index contributed by atoms with van der Waals surface area (Å²) in [6, 6.07) is 8.50. The molecular weight excluding hydrogens is 612 g/mol. The molecule has 0 heterocycles. The van der Waals surface area contributed by atoms with Gasteiger partial charge in [0.15, 0.2) is 0 Å². The molecule has 0 bridgehead atoms. The minimum Gasteiger partial charge on any atom is -0.480 e. The number of aliphatic carboxylic acids is 1. The Bertz CT molecular complexity index is 1380. The van der Waals surface area contributed by atoms with Crippen molar-refractivity contribution in [2.45, 2.75) is 83.4 Å². The number of thioether (sulfide) groups is 1. The van der Waals surface area contributed by atoms with E-state index >= 15 is 0 Å². The number of carboxylic acids is 1. The van der Waals surface area contributed by atoms with Gasteiger partial charge in [-0.05, 0) is 56.4 Å². The first kappa shape index (κ1) is 37.8. The molecule has 0 aromatic heterocycles. The SMILES string of the molecule is Cc1cc(C)c(CSC[C@H](NC(=O)[C@H](CC(N)=O)NC(=O)[C@H](CCC(N)=O)NC(=O)[C@H](C)NCc2ccccc2)C(=O)O)c(C)c1. The minimum absolute atomic E-state index is 0.0102. The summed E-state index contributed by atoms with van der Waals surface area (Å²) in [5, 5.41) is 20.1. The van der Waals surface area contributed by atoms with E-state index in [0.29, 0.717) is 12.3 Å². The van der Waals surface area contributed by atoms with Crippen molar-refractivity contribution in [3.63, 3.8) is 0 Å². The fourth-order valence-corrected chi connectivity index (χ4v) is 5.90. The van der Waals surface area contributed by atoms with E-state index in [-0.39, 0.29) is 18.6 Å². The molecule has 0 aliphatic rings. The van der Waals surface area contributed by atoms with Gasteiger partial charge < -0.3 is 37.8 Å². The number of carbonyl (C=O) groups excluding carboxylic acids is 5. The van der Waals surface area contributed by atoms with Gasteiger partial charge in [-0.2, -0.15) is 11.8 Å². The van der Waals surface area contributed by atoms with E-state index in [1.165, 1.54) is 11.8 Å². The number of aryl methyl sites for hydroxylation is 3. The molecule has 0 radical (unpaired) electrons. The number of rotatable bonds is 19. The van der Waals surface area contributed by atoms with Crippen LogP contribution in [-0.4, -0.2) is 70.5 Å². The van der Waals surface area contributed by atoms with Gasteiger partial charge in [0.25, 0.3) is 0 Å². The molecule has 0 aliphatic heterocycles. The standard InChI is InChI=1S/C32H44N6O7S/c1-18-12-19(2)23(20(3)13-18)16-46-17-26(32(44)45)38-31(43)25(14-28(34)40)37-30(42)24(10-11-27(33)39)36-29(41)21(4)35-15-22-8-6-5-7-9-22/h5-9,12-13,21,24-26,35H,10-11,14-17H2,1-4H3,(H2,33,39)(H2,34,40)(H,36,41)(H,37,42)(H,38,43)(H,44,45)/t21-,24-,25-,26-/m0/s1. The highest BCUT2D eigenvalue weighted by Gasteiger charge is 2.31. The van der Waals surface area contributed by atoms with Gasteiger partial charge >= 0.3 is 5.97 Å². The smallest absolute Gasteiger partial charge is 0.327 e. The second-order valence-corrected chi connectivity index (χ2v) is 12.2. The van der Waals surface area contributed by atoms with Crippen molar-refractivity contribution < 1.29 is 33.9 Å². The maximum atomic E-state index is 13.3. The molecule has 0 spiro atoms. The van der Waals surface area contributed by atoms with Crippen molar-refractivity contribution in [1.82, 2.24) is 21.3 Å². The molecule has 14 heteroatoms. The van der Waals surface area contributed by atoms with E-state index in [2.05, 4.69) is 21.3 Å². The highest BCUT2D eigenvalue weighted by molar-refractivity contribution is 7.98. The summed E-state index contributed by atoms with van der Waals surface area (Å²) in [5.74, 6) is -4.80. The van der Waals surface area contributed by atoms with Crippen LogP contribution >= 0.6 is 11.8 Å². The van der Waals surface area contributed by atoms with E-state index in [1.54, 1.807) is 6.92 Å². The second kappa shape index (κ2) is 18.5.